The minimum Gasteiger partial charge on any atom is -0.207 e. The number of halogens is 4. The highest BCUT2D eigenvalue weighted by Gasteiger charge is 2.35. The first-order chi connectivity index (χ1) is 9.01. The van der Waals surface area contributed by atoms with Crippen molar-refractivity contribution >= 4 is 21.6 Å². The second kappa shape index (κ2) is 5.91. The van der Waals surface area contributed by atoms with E-state index in [0.717, 1.165) is 16.4 Å². The Labute approximate surface area is 121 Å². The fraction of sp³-hybridized carbons (Fsp3) is 0.500. The van der Waals surface area contributed by atoms with Crippen LogP contribution in [0.3, 0.4) is 0 Å². The first-order valence-corrected chi connectivity index (χ1v) is 7.68. The normalized spacial score (nSPS) is 14.6. The fourth-order valence-corrected chi connectivity index (χ4v) is 3.23. The highest BCUT2D eigenvalue weighted by molar-refractivity contribution is 7.89. The van der Waals surface area contributed by atoms with Crippen molar-refractivity contribution in [3.63, 3.8) is 0 Å². The van der Waals surface area contributed by atoms with E-state index in [4.69, 9.17) is 11.6 Å². The molecular weight excluding hydrogens is 315 g/mol. The largest absolute Gasteiger partial charge is 0.417 e. The molecule has 0 aliphatic rings. The number of hydrogen-bond donors (Lipinski definition) is 0. The third kappa shape index (κ3) is 3.45. The summed E-state index contributed by atoms with van der Waals surface area (Å²) in [4.78, 5) is -0.419. The van der Waals surface area contributed by atoms with Gasteiger partial charge in [-0.3, -0.25) is 0 Å². The van der Waals surface area contributed by atoms with E-state index in [1.807, 2.05) is 0 Å². The summed E-state index contributed by atoms with van der Waals surface area (Å²) in [5.74, 6) is 0. The maximum absolute atomic E-state index is 12.7. The second-order valence-electron chi connectivity index (χ2n) is 4.42. The van der Waals surface area contributed by atoms with Gasteiger partial charge in [0.1, 0.15) is 0 Å². The number of sulfonamides is 1. The van der Waals surface area contributed by atoms with Gasteiger partial charge in [-0.15, -0.1) is 0 Å². The van der Waals surface area contributed by atoms with Gasteiger partial charge in [-0.05, 0) is 31.5 Å². The number of rotatable bonds is 4. The molecule has 1 aromatic carbocycles. The second-order valence-corrected chi connectivity index (χ2v) is 6.82. The summed E-state index contributed by atoms with van der Waals surface area (Å²) in [5.41, 5.74) is -1.15. The lowest BCUT2D eigenvalue weighted by Crippen LogP contribution is -2.34. The van der Waals surface area contributed by atoms with Crippen molar-refractivity contribution in [2.75, 3.05) is 7.05 Å². The highest BCUT2D eigenvalue weighted by Crippen LogP contribution is 2.36. The molecule has 0 saturated carbocycles. The number of alkyl halides is 3. The lowest BCUT2D eigenvalue weighted by molar-refractivity contribution is -0.137. The van der Waals surface area contributed by atoms with E-state index in [1.165, 1.54) is 7.05 Å². The molecule has 0 fully saturated rings. The lowest BCUT2D eigenvalue weighted by Gasteiger charge is -2.23. The van der Waals surface area contributed by atoms with Gasteiger partial charge in [-0.2, -0.15) is 17.5 Å². The van der Waals surface area contributed by atoms with Gasteiger partial charge in [-0.1, -0.05) is 18.5 Å². The molecular formula is C12H15ClF3NO2S. The molecule has 0 aliphatic carbocycles. The molecule has 1 rings (SSSR count). The average molecular weight is 330 g/mol. The van der Waals surface area contributed by atoms with E-state index >= 15 is 0 Å². The van der Waals surface area contributed by atoms with Crippen molar-refractivity contribution in [2.45, 2.75) is 37.4 Å². The van der Waals surface area contributed by atoms with Crippen molar-refractivity contribution in [3.05, 3.63) is 28.8 Å². The molecule has 0 bridgehead atoms. The van der Waals surface area contributed by atoms with Crippen LogP contribution in [0.5, 0.6) is 0 Å². The van der Waals surface area contributed by atoms with E-state index in [2.05, 4.69) is 0 Å². The molecule has 0 N–H and O–H groups in total. The summed E-state index contributed by atoms with van der Waals surface area (Å²) < 4.78 is 63.8. The molecule has 20 heavy (non-hydrogen) atoms. The van der Waals surface area contributed by atoms with Crippen LogP contribution in [0.4, 0.5) is 13.2 Å². The predicted molar refractivity (Wildman–Crippen MR) is 71.2 cm³/mol. The van der Waals surface area contributed by atoms with E-state index in [9.17, 15) is 21.6 Å². The molecule has 0 amide bonds. The maximum Gasteiger partial charge on any atom is 0.417 e. The first-order valence-electron chi connectivity index (χ1n) is 5.86. The third-order valence-corrected chi connectivity index (χ3v) is 5.43. The van der Waals surface area contributed by atoms with E-state index in [0.29, 0.717) is 12.5 Å². The van der Waals surface area contributed by atoms with Crippen molar-refractivity contribution in [1.82, 2.24) is 4.31 Å². The van der Waals surface area contributed by atoms with Crippen LogP contribution in [0.1, 0.15) is 25.8 Å². The SMILES string of the molecule is CCC(C)N(C)S(=O)(=O)c1ccc(Cl)c(C(F)(F)F)c1. The molecule has 0 aromatic heterocycles. The fourth-order valence-electron chi connectivity index (χ4n) is 1.54. The van der Waals surface area contributed by atoms with Gasteiger partial charge in [0.05, 0.1) is 15.5 Å². The monoisotopic (exact) mass is 329 g/mol. The molecule has 1 aromatic rings. The number of hydrogen-bond acceptors (Lipinski definition) is 2. The molecule has 1 atom stereocenters. The predicted octanol–water partition coefficient (Wildman–Crippen LogP) is 3.78. The summed E-state index contributed by atoms with van der Waals surface area (Å²) in [6.45, 7) is 3.47. The van der Waals surface area contributed by atoms with Crippen molar-refractivity contribution in [3.8, 4) is 0 Å². The minimum atomic E-state index is -4.70. The third-order valence-electron chi connectivity index (χ3n) is 3.13. The van der Waals surface area contributed by atoms with Crippen molar-refractivity contribution in [1.29, 1.82) is 0 Å². The first kappa shape index (κ1) is 17.3. The molecule has 0 aliphatic heterocycles. The van der Waals surface area contributed by atoms with Crippen molar-refractivity contribution in [2.24, 2.45) is 0 Å². The van der Waals surface area contributed by atoms with Crippen molar-refractivity contribution < 1.29 is 21.6 Å². The van der Waals surface area contributed by atoms with Gasteiger partial charge in [0.15, 0.2) is 0 Å². The molecule has 0 radical (unpaired) electrons. The van der Waals surface area contributed by atoms with Gasteiger partial charge in [0.25, 0.3) is 0 Å². The number of nitrogens with zero attached hydrogens (tertiary/aromatic N) is 1. The summed E-state index contributed by atoms with van der Waals surface area (Å²) >= 11 is 5.47. The van der Waals surface area contributed by atoms with Crippen LogP contribution in [-0.4, -0.2) is 25.8 Å². The lowest BCUT2D eigenvalue weighted by atomic mass is 10.2. The zero-order valence-corrected chi connectivity index (χ0v) is 12.8. The van der Waals surface area contributed by atoms with Gasteiger partial charge in [0.2, 0.25) is 10.0 Å². The Balaban J connectivity index is 3.34. The zero-order valence-electron chi connectivity index (χ0n) is 11.2. The van der Waals surface area contributed by atoms with Gasteiger partial charge >= 0.3 is 6.18 Å². The van der Waals surface area contributed by atoms with Crippen LogP contribution in [-0.2, 0) is 16.2 Å². The minimum absolute atomic E-state index is 0.315. The summed E-state index contributed by atoms with van der Waals surface area (Å²) in [6, 6.07) is 2.27. The van der Waals surface area contributed by atoms with Crippen LogP contribution in [0.15, 0.2) is 23.1 Å². The van der Waals surface area contributed by atoms with E-state index in [-0.39, 0.29) is 6.04 Å². The molecule has 1 unspecified atom stereocenters. The Hall–Kier alpha value is -0.790. The van der Waals surface area contributed by atoms with E-state index < -0.39 is 31.7 Å². The van der Waals surface area contributed by atoms with Crippen LogP contribution in [0.25, 0.3) is 0 Å². The highest BCUT2D eigenvalue weighted by atomic mass is 35.5. The topological polar surface area (TPSA) is 37.4 Å². The van der Waals surface area contributed by atoms with Crippen LogP contribution >= 0.6 is 11.6 Å². The zero-order chi connectivity index (χ0) is 15.7. The standard InChI is InChI=1S/C12H15ClF3NO2S/c1-4-8(2)17(3)20(18,19)9-5-6-11(13)10(7-9)12(14,15)16/h5-8H,4H2,1-3H3. The quantitative estimate of drug-likeness (QED) is 0.843. The Morgan fingerprint density at radius 3 is 2.35 bits per heavy atom. The maximum atomic E-state index is 12.7. The van der Waals surface area contributed by atoms with Gasteiger partial charge < -0.3 is 0 Å². The van der Waals surface area contributed by atoms with Gasteiger partial charge in [0, 0.05) is 13.1 Å². The Bertz CT molecular complexity index is 587. The molecule has 3 nitrogen and oxygen atoms in total. The summed E-state index contributed by atoms with van der Waals surface area (Å²) in [6.07, 6.45) is -4.15. The van der Waals surface area contributed by atoms with Crippen LogP contribution < -0.4 is 0 Å². The molecule has 8 heteroatoms. The van der Waals surface area contributed by atoms with Crippen LogP contribution in [0.2, 0.25) is 5.02 Å². The molecule has 0 saturated heterocycles. The smallest absolute Gasteiger partial charge is 0.207 e. The Morgan fingerprint density at radius 2 is 1.90 bits per heavy atom. The van der Waals surface area contributed by atoms with Crippen LogP contribution in [0, 0.1) is 0 Å². The van der Waals surface area contributed by atoms with Gasteiger partial charge in [-0.25, -0.2) is 8.42 Å². The molecule has 0 heterocycles. The summed E-state index contributed by atoms with van der Waals surface area (Å²) in [5, 5.41) is -0.525. The average Bonchev–Trinajstić information content (AvgIpc) is 2.35. The molecule has 114 valence electrons. The number of benzene rings is 1. The Morgan fingerprint density at radius 1 is 1.35 bits per heavy atom. The summed E-state index contributed by atoms with van der Waals surface area (Å²) in [7, 11) is -2.64. The Kier molecular flexibility index (Phi) is 5.10. The van der Waals surface area contributed by atoms with E-state index in [1.54, 1.807) is 13.8 Å². The molecule has 0 spiro atoms.